The van der Waals surface area contributed by atoms with E-state index in [1.54, 1.807) is 0 Å². The largest absolute Gasteiger partial charge is 0.428 e. The van der Waals surface area contributed by atoms with Crippen LogP contribution in [0.15, 0.2) is 158 Å². The van der Waals surface area contributed by atoms with E-state index >= 15 is 0 Å². The molecular formula is C43H31NOS. The number of aromatic nitrogens is 1. The molecule has 0 atom stereocenters. The highest BCUT2D eigenvalue weighted by atomic mass is 32.1. The van der Waals surface area contributed by atoms with Crippen LogP contribution >= 0.6 is 12.9 Å². The first-order valence-corrected chi connectivity index (χ1v) is 15.9. The van der Waals surface area contributed by atoms with Crippen molar-refractivity contribution in [3.8, 4) is 33.7 Å². The third-order valence-corrected chi connectivity index (χ3v) is 9.10. The highest BCUT2D eigenvalue weighted by molar-refractivity contribution is 7.75. The second-order valence-electron chi connectivity index (χ2n) is 11.5. The second-order valence-corrected chi connectivity index (χ2v) is 11.6. The summed E-state index contributed by atoms with van der Waals surface area (Å²) in [4.78, 5) is 0. The minimum absolute atomic E-state index is 0.764. The summed E-state index contributed by atoms with van der Waals surface area (Å²) in [6.07, 6.45) is 8.49. The van der Waals surface area contributed by atoms with Gasteiger partial charge in [0.25, 0.3) is 0 Å². The number of thiol groups is 1. The number of fused-ring (bicyclic) bond motifs is 5. The maximum Gasteiger partial charge on any atom is 0.154 e. The van der Waals surface area contributed by atoms with Gasteiger partial charge in [0, 0.05) is 29.5 Å². The fourth-order valence-electron chi connectivity index (χ4n) is 6.94. The smallest absolute Gasteiger partial charge is 0.154 e. The average Bonchev–Trinajstić information content (AvgIpc) is 3.46. The lowest BCUT2D eigenvalue weighted by Gasteiger charge is -2.16. The molecular weight excluding hydrogens is 579 g/mol. The highest BCUT2D eigenvalue weighted by Crippen LogP contribution is 2.44. The Kier molecular flexibility index (Phi) is 7.17. The molecule has 0 spiro atoms. The third kappa shape index (κ3) is 4.51. The summed E-state index contributed by atoms with van der Waals surface area (Å²) in [5.41, 5.74) is 9.08. The van der Waals surface area contributed by atoms with Gasteiger partial charge in [-0.15, -0.1) is 0 Å². The van der Waals surface area contributed by atoms with Crippen LogP contribution in [0.5, 0.6) is 5.75 Å². The lowest BCUT2D eigenvalue weighted by atomic mass is 9.88. The number of rotatable bonds is 6. The van der Waals surface area contributed by atoms with E-state index in [0.29, 0.717) is 0 Å². The molecule has 0 N–H and O–H groups in total. The van der Waals surface area contributed by atoms with E-state index in [9.17, 15) is 0 Å². The van der Waals surface area contributed by atoms with Crippen LogP contribution in [0, 0.1) is 0 Å². The Hall–Kier alpha value is -5.51. The normalized spacial score (nSPS) is 12.0. The Morgan fingerprint density at radius 3 is 1.80 bits per heavy atom. The molecule has 7 aromatic carbocycles. The lowest BCUT2D eigenvalue weighted by molar-refractivity contribution is 0.670. The van der Waals surface area contributed by atoms with Gasteiger partial charge >= 0.3 is 0 Å². The van der Waals surface area contributed by atoms with E-state index in [0.717, 1.165) is 44.4 Å². The molecule has 0 radical (unpaired) electrons. The zero-order chi connectivity index (χ0) is 31.0. The van der Waals surface area contributed by atoms with E-state index in [4.69, 9.17) is 4.18 Å². The summed E-state index contributed by atoms with van der Waals surface area (Å²) in [5.74, 6) is 0.764. The van der Waals surface area contributed by atoms with Gasteiger partial charge in [-0.05, 0) is 81.1 Å². The summed E-state index contributed by atoms with van der Waals surface area (Å²) in [6, 6.07) is 49.7. The van der Waals surface area contributed by atoms with Gasteiger partial charge in [-0.2, -0.15) is 0 Å². The van der Waals surface area contributed by atoms with Crippen LogP contribution < -0.4 is 4.18 Å². The van der Waals surface area contributed by atoms with Crippen LogP contribution in [0.25, 0.3) is 77.4 Å². The van der Waals surface area contributed by atoms with Gasteiger partial charge in [-0.25, -0.2) is 0 Å². The molecule has 1 heterocycles. The zero-order valence-electron chi connectivity index (χ0n) is 25.4. The Bertz CT molecular complexity index is 2390. The number of hydrogen-bond acceptors (Lipinski definition) is 2. The van der Waals surface area contributed by atoms with Crippen LogP contribution in [0.3, 0.4) is 0 Å². The quantitative estimate of drug-likeness (QED) is 0.0857. The standard InChI is InChI=1S/C43H31NOS/c1-2-3-5-16-33-34-17-8-10-19-36(34)41(37-20-11-9-18-35(33)37)30-23-25-31(26-24-30)44-39-22-13-12-21-38(39)42-40(44)28-27-32(43(42)45-46)29-14-6-4-7-15-29/h2-28,46H,1H3/b3-2-,16-5-. The van der Waals surface area contributed by atoms with Crippen molar-refractivity contribution >= 4 is 62.3 Å². The predicted octanol–water partition coefficient (Wildman–Crippen LogP) is 12.2. The first-order chi connectivity index (χ1) is 22.8. The van der Waals surface area contributed by atoms with Crippen molar-refractivity contribution in [3.63, 3.8) is 0 Å². The molecule has 0 saturated carbocycles. The molecule has 8 rings (SSSR count). The number of para-hydroxylation sites is 1. The minimum atomic E-state index is 0.764. The molecule has 0 aliphatic rings. The van der Waals surface area contributed by atoms with Crippen LogP contribution in [-0.2, 0) is 0 Å². The molecule has 0 bridgehead atoms. The van der Waals surface area contributed by atoms with Crippen LogP contribution in [0.1, 0.15) is 12.5 Å². The molecule has 0 unspecified atom stereocenters. The van der Waals surface area contributed by atoms with Crippen LogP contribution in [-0.4, -0.2) is 4.57 Å². The maximum atomic E-state index is 5.84. The Balaban J connectivity index is 1.33. The lowest BCUT2D eigenvalue weighted by Crippen LogP contribution is -1.95. The molecule has 0 aliphatic carbocycles. The van der Waals surface area contributed by atoms with Gasteiger partial charge in [0.1, 0.15) is 0 Å². The Labute approximate surface area is 274 Å². The number of benzene rings is 7. The van der Waals surface area contributed by atoms with Gasteiger partial charge in [0.2, 0.25) is 0 Å². The van der Waals surface area contributed by atoms with Crippen molar-refractivity contribution in [2.75, 3.05) is 0 Å². The summed E-state index contributed by atoms with van der Waals surface area (Å²) in [6.45, 7) is 2.04. The monoisotopic (exact) mass is 609 g/mol. The first-order valence-electron chi connectivity index (χ1n) is 15.5. The van der Waals surface area contributed by atoms with Crippen LogP contribution in [0.4, 0.5) is 0 Å². The minimum Gasteiger partial charge on any atom is -0.428 e. The molecule has 3 heteroatoms. The molecule has 8 aromatic rings. The molecule has 0 amide bonds. The van der Waals surface area contributed by atoms with Gasteiger partial charge in [0.15, 0.2) is 5.75 Å². The van der Waals surface area contributed by atoms with Crippen molar-refractivity contribution in [2.24, 2.45) is 0 Å². The van der Waals surface area contributed by atoms with Gasteiger partial charge in [0.05, 0.1) is 16.4 Å². The molecule has 1 aromatic heterocycles. The zero-order valence-corrected chi connectivity index (χ0v) is 26.3. The number of nitrogens with zero attached hydrogens (tertiary/aromatic N) is 1. The van der Waals surface area contributed by atoms with Gasteiger partial charge in [-0.3, -0.25) is 0 Å². The summed E-state index contributed by atoms with van der Waals surface area (Å²) in [7, 11) is 0. The second kappa shape index (κ2) is 11.8. The Morgan fingerprint density at radius 2 is 1.15 bits per heavy atom. The van der Waals surface area contributed by atoms with Crippen molar-refractivity contribution in [1.29, 1.82) is 0 Å². The number of hydrogen-bond donors (Lipinski definition) is 1. The highest BCUT2D eigenvalue weighted by Gasteiger charge is 2.20. The van der Waals surface area contributed by atoms with Crippen molar-refractivity contribution < 1.29 is 4.18 Å². The summed E-state index contributed by atoms with van der Waals surface area (Å²) in [5, 5.41) is 7.16. The van der Waals surface area contributed by atoms with E-state index in [-0.39, 0.29) is 0 Å². The molecule has 46 heavy (non-hydrogen) atoms. The van der Waals surface area contributed by atoms with E-state index in [2.05, 4.69) is 163 Å². The SMILES string of the molecule is C/C=C\C=C/c1c2ccccc2c(-c2ccc(-n3c4ccccc4c4c(OS)c(-c5ccccc5)ccc43)cc2)c2ccccc12. The molecule has 220 valence electrons. The first kappa shape index (κ1) is 28.0. The summed E-state index contributed by atoms with van der Waals surface area (Å²) >= 11 is 4.35. The van der Waals surface area contributed by atoms with Gasteiger partial charge in [-0.1, -0.05) is 133 Å². The van der Waals surface area contributed by atoms with Crippen molar-refractivity contribution in [1.82, 2.24) is 4.57 Å². The fourth-order valence-corrected chi connectivity index (χ4v) is 7.13. The maximum absolute atomic E-state index is 5.84. The predicted molar refractivity (Wildman–Crippen MR) is 200 cm³/mol. The number of allylic oxidation sites excluding steroid dienone is 3. The van der Waals surface area contributed by atoms with Crippen LogP contribution in [0.2, 0.25) is 0 Å². The van der Waals surface area contributed by atoms with E-state index < -0.39 is 0 Å². The van der Waals surface area contributed by atoms with E-state index in [1.165, 1.54) is 38.2 Å². The van der Waals surface area contributed by atoms with Crippen molar-refractivity contribution in [2.45, 2.75) is 6.92 Å². The third-order valence-electron chi connectivity index (χ3n) is 8.92. The fraction of sp³-hybridized carbons (Fsp3) is 0.0233. The average molecular weight is 610 g/mol. The molecule has 0 aliphatic heterocycles. The molecule has 0 fully saturated rings. The molecule has 2 nitrogen and oxygen atoms in total. The Morgan fingerprint density at radius 1 is 0.543 bits per heavy atom. The van der Waals surface area contributed by atoms with E-state index in [1.807, 2.05) is 25.1 Å². The topological polar surface area (TPSA) is 14.2 Å². The van der Waals surface area contributed by atoms with Crippen molar-refractivity contribution in [3.05, 3.63) is 163 Å². The van der Waals surface area contributed by atoms with Gasteiger partial charge < -0.3 is 8.75 Å². The summed E-state index contributed by atoms with van der Waals surface area (Å²) < 4.78 is 8.17. The molecule has 0 saturated heterocycles.